The summed E-state index contributed by atoms with van der Waals surface area (Å²) in [6, 6.07) is 21.7. The van der Waals surface area contributed by atoms with Gasteiger partial charge in [0.2, 0.25) is 17.2 Å². The highest BCUT2D eigenvalue weighted by Crippen LogP contribution is 2.51. The van der Waals surface area contributed by atoms with Crippen molar-refractivity contribution < 1.29 is 66.4 Å². The van der Waals surface area contributed by atoms with E-state index in [-0.39, 0.29) is 11.6 Å². The van der Waals surface area contributed by atoms with E-state index in [4.69, 9.17) is 91.6 Å². The van der Waals surface area contributed by atoms with E-state index in [1.165, 1.54) is 0 Å². The summed E-state index contributed by atoms with van der Waals surface area (Å²) in [5.74, 6) is 9.15. The van der Waals surface area contributed by atoms with Crippen LogP contribution in [0.4, 0.5) is 0 Å². The third kappa shape index (κ3) is 16.3. The molecule has 90 heavy (non-hydrogen) atoms. The van der Waals surface area contributed by atoms with E-state index in [0.717, 1.165) is 79.0 Å². The summed E-state index contributed by atoms with van der Waals surface area (Å²) < 4.78 is 70.1. The molecule has 6 heterocycles. The number of carbonyl (C=O) groups excluding carboxylic acids is 2. The van der Waals surface area contributed by atoms with Crippen molar-refractivity contribution in [2.75, 3.05) is 99.1 Å². The molecule has 0 atom stereocenters. The molecular weight excluding hydrogens is 1280 g/mol. The lowest BCUT2D eigenvalue weighted by Gasteiger charge is -2.24. The van der Waals surface area contributed by atoms with Gasteiger partial charge in [-0.1, -0.05) is 62.9 Å². The largest absolute Gasteiger partial charge is 0.493 e. The summed E-state index contributed by atoms with van der Waals surface area (Å²) in [7, 11) is 5.36. The van der Waals surface area contributed by atoms with E-state index in [9.17, 15) is 9.59 Å². The molecule has 0 bridgehead atoms. The molecule has 18 nitrogen and oxygen atoms in total. The third-order valence-electron chi connectivity index (χ3n) is 15.4. The number of nitrogens with zero attached hydrogens (tertiary/aromatic N) is 4. The maximum Gasteiger partial charge on any atom is 0.204 e. The fourth-order valence-electron chi connectivity index (χ4n) is 10.5. The summed E-state index contributed by atoms with van der Waals surface area (Å²) in [5, 5.41) is 4.67. The number of aromatic nitrogens is 3. The van der Waals surface area contributed by atoms with Crippen molar-refractivity contribution in [2.24, 2.45) is 11.8 Å². The lowest BCUT2D eigenvalue weighted by atomic mass is 10.0. The maximum atomic E-state index is 12.3. The number of benzene rings is 5. The first kappa shape index (κ1) is 64.3. The molecule has 0 spiro atoms. The predicted molar refractivity (Wildman–Crippen MR) is 348 cm³/mol. The Kier molecular flexibility index (Phi) is 21.9. The Morgan fingerprint density at radius 1 is 0.511 bits per heavy atom. The van der Waals surface area contributed by atoms with E-state index in [1.807, 2.05) is 36.4 Å². The van der Waals surface area contributed by atoms with Crippen LogP contribution in [0.15, 0.2) is 91.4 Å². The Hall–Kier alpha value is -7.26. The van der Waals surface area contributed by atoms with Crippen LogP contribution in [0.25, 0.3) is 32.7 Å². The second kappa shape index (κ2) is 30.7. The standard InChI is InChI=1S/C30H35ClN2O6.C26H25BrClNO5.C12H10ClNO3/c1-33(11-13-35-2)10-3-12-36-27-19-25-28(30-29(27)37-14-15-38-30)26(8-9-32-25)39-23-7-6-21(24(31)18-23)17-22(34)16-20-4-5-20;27-7-1-9-31-23-15-21-24(26-25(23)32-10-11-33-26)22(6-8-29-21)34-19-5-4-17(20(28)14-19)13-18(30)12-16-2-3-16;1-15-9-6-8-10(7(13)2-3-14-8)12-11(9)16-4-5-17-12/h6-9,18-20H,3-5,10-17H2,1-2H3;4-6,8,14-16H,1-3,7,9-13H2;2-3,6H,4-5H2,1H3. The van der Waals surface area contributed by atoms with Gasteiger partial charge in [-0.05, 0) is 111 Å². The topological polar surface area (TPSA) is 187 Å². The van der Waals surface area contributed by atoms with Crippen molar-refractivity contribution in [1.29, 1.82) is 0 Å². The Morgan fingerprint density at radius 3 is 1.40 bits per heavy atom. The third-order valence-corrected chi connectivity index (χ3v) is 17.0. The Morgan fingerprint density at radius 2 is 0.944 bits per heavy atom. The number of alkyl halides is 1. The van der Waals surface area contributed by atoms with Gasteiger partial charge in [-0.2, -0.15) is 0 Å². The SMILES string of the molecule is COCCN(C)CCCOc1cc2nccc(Oc3ccc(CC(=O)CC4CC4)c(Cl)c3)c2c2c1OCCO2.COc1cc2nccc(Cl)c2c2c1OCCO2.O=C(Cc1ccc(Oc2ccnc3cc(OCCCBr)c4c(c23)OCCO4)cc1Cl)CC1CC1. The fraction of sp³-hybridized carbons (Fsp3) is 0.397. The number of methoxy groups -OCH3 is 2. The Bertz CT molecular complexity index is 3870. The molecule has 3 aliphatic heterocycles. The molecule has 2 aliphatic carbocycles. The number of ether oxygens (including phenoxy) is 12. The van der Waals surface area contributed by atoms with Crippen LogP contribution in [-0.4, -0.2) is 131 Å². The number of ketones is 2. The normalized spacial score (nSPS) is 14.5. The van der Waals surface area contributed by atoms with Gasteiger partial charge in [0.1, 0.15) is 74.2 Å². The monoisotopic (exact) mass is 1350 g/mol. The lowest BCUT2D eigenvalue weighted by Crippen LogP contribution is -2.25. The molecule has 8 aromatic rings. The Balaban J connectivity index is 0.000000148. The molecule has 5 aliphatic rings. The second-order valence-electron chi connectivity index (χ2n) is 22.3. The van der Waals surface area contributed by atoms with Crippen LogP contribution in [0.5, 0.6) is 74.7 Å². The van der Waals surface area contributed by atoms with Crippen LogP contribution >= 0.6 is 50.7 Å². The summed E-state index contributed by atoms with van der Waals surface area (Å²) in [6.07, 6.45) is 13.4. The smallest absolute Gasteiger partial charge is 0.204 e. The van der Waals surface area contributed by atoms with Gasteiger partial charge in [0.15, 0.2) is 34.5 Å². The number of pyridine rings is 3. The number of carbonyl (C=O) groups is 2. The fourth-order valence-corrected chi connectivity index (χ4v) is 11.5. The van der Waals surface area contributed by atoms with E-state index in [1.54, 1.807) is 69.2 Å². The highest BCUT2D eigenvalue weighted by atomic mass is 79.9. The zero-order chi connectivity index (χ0) is 62.5. The molecule has 5 aromatic carbocycles. The molecule has 0 N–H and O–H groups in total. The highest BCUT2D eigenvalue weighted by molar-refractivity contribution is 9.09. The lowest BCUT2D eigenvalue weighted by molar-refractivity contribution is -0.119. The molecule has 2 saturated carbocycles. The van der Waals surface area contributed by atoms with E-state index in [0.29, 0.717) is 209 Å². The van der Waals surface area contributed by atoms with E-state index in [2.05, 4.69) is 42.8 Å². The van der Waals surface area contributed by atoms with Gasteiger partial charge in [-0.25, -0.2) is 0 Å². The molecule has 0 radical (unpaired) electrons. The number of likely N-dealkylation sites (N-methyl/N-ethyl adjacent to an activating group) is 1. The van der Waals surface area contributed by atoms with Crippen molar-refractivity contribution in [3.05, 3.63) is 118 Å². The van der Waals surface area contributed by atoms with Gasteiger partial charge in [-0.3, -0.25) is 24.5 Å². The van der Waals surface area contributed by atoms with Crippen LogP contribution in [0.1, 0.15) is 62.5 Å². The highest BCUT2D eigenvalue weighted by Gasteiger charge is 2.29. The number of halogens is 4. The van der Waals surface area contributed by atoms with Crippen molar-refractivity contribution >= 4 is 95.0 Å². The molecule has 13 rings (SSSR count). The summed E-state index contributed by atoms with van der Waals surface area (Å²) in [5.41, 5.74) is 3.73. The molecule has 22 heteroatoms. The van der Waals surface area contributed by atoms with Crippen LogP contribution in [0, 0.1) is 11.8 Å². The maximum absolute atomic E-state index is 12.3. The average Bonchev–Trinajstić information content (AvgIpc) is 1.24. The van der Waals surface area contributed by atoms with Crippen LogP contribution < -0.4 is 52.1 Å². The number of fused-ring (bicyclic) bond motifs is 9. The van der Waals surface area contributed by atoms with Gasteiger partial charge >= 0.3 is 0 Å². The average molecular weight is 1350 g/mol. The molecule has 2 fully saturated rings. The van der Waals surface area contributed by atoms with Crippen LogP contribution in [-0.2, 0) is 27.2 Å². The van der Waals surface area contributed by atoms with Gasteiger partial charge in [-0.15, -0.1) is 0 Å². The van der Waals surface area contributed by atoms with Gasteiger partial charge < -0.3 is 61.7 Å². The van der Waals surface area contributed by atoms with E-state index >= 15 is 0 Å². The molecule has 474 valence electrons. The molecule has 0 amide bonds. The molecular formula is C68H70BrCl3N4O14. The van der Waals surface area contributed by atoms with Crippen molar-refractivity contribution in [3.63, 3.8) is 0 Å². The van der Waals surface area contributed by atoms with Crippen molar-refractivity contribution in [3.8, 4) is 74.7 Å². The zero-order valence-electron chi connectivity index (χ0n) is 50.4. The molecule has 3 aromatic heterocycles. The van der Waals surface area contributed by atoms with Crippen LogP contribution in [0.3, 0.4) is 0 Å². The summed E-state index contributed by atoms with van der Waals surface area (Å²) in [4.78, 5) is 40.1. The first-order valence-electron chi connectivity index (χ1n) is 30.2. The van der Waals surface area contributed by atoms with E-state index < -0.39 is 0 Å². The predicted octanol–water partition coefficient (Wildman–Crippen LogP) is 14.9. The van der Waals surface area contributed by atoms with Gasteiger partial charge in [0, 0.05) is 98.0 Å². The number of hydrogen-bond donors (Lipinski definition) is 0. The Labute approximate surface area is 545 Å². The van der Waals surface area contributed by atoms with Crippen molar-refractivity contribution in [1.82, 2.24) is 19.9 Å². The summed E-state index contributed by atoms with van der Waals surface area (Å²) in [6.45, 7) is 6.28. The number of Topliss-reactive ketones (excluding diaryl/α,β-unsaturated/α-hetero) is 2. The number of rotatable bonds is 25. The molecule has 0 saturated heterocycles. The quantitative estimate of drug-likeness (QED) is 0.0388. The minimum Gasteiger partial charge on any atom is -0.493 e. The van der Waals surface area contributed by atoms with Crippen molar-refractivity contribution in [2.45, 2.75) is 64.2 Å². The second-order valence-corrected chi connectivity index (χ2v) is 24.3. The molecule has 0 unspecified atom stereocenters. The summed E-state index contributed by atoms with van der Waals surface area (Å²) >= 11 is 22.6. The first-order valence-corrected chi connectivity index (χ1v) is 32.5. The minimum atomic E-state index is 0.230. The minimum absolute atomic E-state index is 0.230. The zero-order valence-corrected chi connectivity index (χ0v) is 54.2. The van der Waals surface area contributed by atoms with Gasteiger partial charge in [0.05, 0.1) is 64.7 Å². The van der Waals surface area contributed by atoms with Crippen LogP contribution in [0.2, 0.25) is 15.1 Å². The first-order chi connectivity index (χ1) is 43.9. The van der Waals surface area contributed by atoms with Gasteiger partial charge in [0.25, 0.3) is 0 Å². The number of hydrogen-bond acceptors (Lipinski definition) is 18.